The second-order valence-corrected chi connectivity index (χ2v) is 7.15. The van der Waals surface area contributed by atoms with Gasteiger partial charge in [0.05, 0.1) is 12.6 Å². The van der Waals surface area contributed by atoms with Crippen molar-refractivity contribution in [1.82, 2.24) is 10.6 Å². The van der Waals surface area contributed by atoms with Crippen LogP contribution in [0.4, 0.5) is 0 Å². The lowest BCUT2D eigenvalue weighted by molar-refractivity contribution is -0.0265. The van der Waals surface area contributed by atoms with Crippen LogP contribution in [0.15, 0.2) is 59.6 Å². The van der Waals surface area contributed by atoms with Crippen molar-refractivity contribution in [2.24, 2.45) is 10.9 Å². The Kier molecular flexibility index (Phi) is 7.73. The van der Waals surface area contributed by atoms with Gasteiger partial charge in [0.1, 0.15) is 12.4 Å². The number of hydrogen-bond donors (Lipinski definition) is 2. The van der Waals surface area contributed by atoms with E-state index in [1.165, 1.54) is 11.1 Å². The zero-order chi connectivity index (χ0) is 19.6. The molecule has 0 aliphatic carbocycles. The first-order valence-electron chi connectivity index (χ1n) is 10.1. The summed E-state index contributed by atoms with van der Waals surface area (Å²) in [6.07, 6.45) is 2.40. The molecule has 0 spiro atoms. The first-order chi connectivity index (χ1) is 13.8. The average molecular weight is 382 g/mol. The Labute approximate surface area is 168 Å². The summed E-state index contributed by atoms with van der Waals surface area (Å²) in [5.41, 5.74) is 2.54. The fourth-order valence-corrected chi connectivity index (χ4v) is 3.48. The largest absolute Gasteiger partial charge is 0.492 e. The van der Waals surface area contributed by atoms with Crippen molar-refractivity contribution in [3.63, 3.8) is 0 Å². The van der Waals surface area contributed by atoms with E-state index in [0.29, 0.717) is 19.1 Å². The van der Waals surface area contributed by atoms with Crippen molar-refractivity contribution in [2.45, 2.75) is 25.9 Å². The van der Waals surface area contributed by atoms with Crippen molar-refractivity contribution < 1.29 is 9.47 Å². The summed E-state index contributed by atoms with van der Waals surface area (Å²) >= 11 is 0. The van der Waals surface area contributed by atoms with Gasteiger partial charge in [0.25, 0.3) is 0 Å². The quantitative estimate of drug-likeness (QED) is 0.436. The first-order valence-corrected chi connectivity index (χ1v) is 10.1. The van der Waals surface area contributed by atoms with Gasteiger partial charge in [-0.1, -0.05) is 48.0 Å². The second-order valence-electron chi connectivity index (χ2n) is 7.15. The zero-order valence-electron chi connectivity index (χ0n) is 16.9. The van der Waals surface area contributed by atoms with Gasteiger partial charge in [-0.3, -0.25) is 4.99 Å². The van der Waals surface area contributed by atoms with Crippen LogP contribution >= 0.6 is 0 Å². The third-order valence-electron chi connectivity index (χ3n) is 5.01. The SMILES string of the molecule is CN=C(NCCOc1ccccc1)NCC1CCCOC1c1ccc(C)cc1. The number of aryl methyl sites for hydroxylation is 1. The monoisotopic (exact) mass is 381 g/mol. The maximum absolute atomic E-state index is 6.11. The molecule has 150 valence electrons. The Bertz CT molecular complexity index is 731. The summed E-state index contributed by atoms with van der Waals surface area (Å²) in [5.74, 6) is 2.10. The minimum absolute atomic E-state index is 0.140. The highest BCUT2D eigenvalue weighted by Gasteiger charge is 2.27. The van der Waals surface area contributed by atoms with Gasteiger partial charge in [0.2, 0.25) is 0 Å². The van der Waals surface area contributed by atoms with Crippen LogP contribution in [-0.4, -0.2) is 39.3 Å². The highest BCUT2D eigenvalue weighted by atomic mass is 16.5. The maximum atomic E-state index is 6.11. The van der Waals surface area contributed by atoms with Crippen LogP contribution in [0.5, 0.6) is 5.75 Å². The molecule has 0 aromatic heterocycles. The molecule has 5 heteroatoms. The fourth-order valence-electron chi connectivity index (χ4n) is 3.48. The van der Waals surface area contributed by atoms with E-state index < -0.39 is 0 Å². The maximum Gasteiger partial charge on any atom is 0.191 e. The molecule has 1 saturated heterocycles. The highest BCUT2D eigenvalue weighted by Crippen LogP contribution is 2.33. The molecule has 0 amide bonds. The molecule has 1 fully saturated rings. The summed E-state index contributed by atoms with van der Waals surface area (Å²) in [4.78, 5) is 4.32. The number of guanidine groups is 1. The van der Waals surface area contributed by atoms with Crippen LogP contribution in [-0.2, 0) is 4.74 Å². The van der Waals surface area contributed by atoms with Gasteiger partial charge < -0.3 is 20.1 Å². The molecule has 2 atom stereocenters. The minimum atomic E-state index is 0.140. The predicted molar refractivity (Wildman–Crippen MR) is 114 cm³/mol. The van der Waals surface area contributed by atoms with Crippen LogP contribution in [0.1, 0.15) is 30.1 Å². The van der Waals surface area contributed by atoms with E-state index in [-0.39, 0.29) is 6.10 Å². The number of rotatable bonds is 7. The number of para-hydroxylation sites is 1. The van der Waals surface area contributed by atoms with Crippen molar-refractivity contribution in [1.29, 1.82) is 0 Å². The molecule has 1 heterocycles. The molecule has 0 bridgehead atoms. The molecule has 28 heavy (non-hydrogen) atoms. The molecule has 5 nitrogen and oxygen atoms in total. The molecular weight excluding hydrogens is 350 g/mol. The van der Waals surface area contributed by atoms with Crippen molar-refractivity contribution >= 4 is 5.96 Å². The number of nitrogens with zero attached hydrogens (tertiary/aromatic N) is 1. The highest BCUT2D eigenvalue weighted by molar-refractivity contribution is 5.79. The first kappa shape index (κ1) is 20.2. The second kappa shape index (κ2) is 10.7. The van der Waals surface area contributed by atoms with E-state index in [1.54, 1.807) is 7.05 Å². The Balaban J connectivity index is 1.45. The number of aliphatic imine (C=N–C) groups is 1. The molecular formula is C23H31N3O2. The molecule has 3 rings (SSSR count). The molecule has 1 aliphatic heterocycles. The third kappa shape index (κ3) is 5.99. The van der Waals surface area contributed by atoms with E-state index in [9.17, 15) is 0 Å². The van der Waals surface area contributed by atoms with Crippen LogP contribution < -0.4 is 15.4 Å². The Hall–Kier alpha value is -2.53. The zero-order valence-corrected chi connectivity index (χ0v) is 16.9. The summed E-state index contributed by atoms with van der Waals surface area (Å²) in [6, 6.07) is 18.5. The topological polar surface area (TPSA) is 54.9 Å². The smallest absolute Gasteiger partial charge is 0.191 e. The molecule has 2 unspecified atom stereocenters. The van der Waals surface area contributed by atoms with Crippen molar-refractivity contribution in [3.05, 3.63) is 65.7 Å². The lowest BCUT2D eigenvalue weighted by Gasteiger charge is -2.32. The molecule has 0 saturated carbocycles. The normalized spacial score (nSPS) is 19.9. The summed E-state index contributed by atoms with van der Waals surface area (Å²) in [7, 11) is 1.79. The van der Waals surface area contributed by atoms with Gasteiger partial charge in [-0.05, 0) is 37.5 Å². The lowest BCUT2D eigenvalue weighted by Crippen LogP contribution is -2.43. The van der Waals surface area contributed by atoms with E-state index in [4.69, 9.17) is 9.47 Å². The Morgan fingerprint density at radius 1 is 1.11 bits per heavy atom. The van der Waals surface area contributed by atoms with Gasteiger partial charge >= 0.3 is 0 Å². The standard InChI is InChI=1S/C23H31N3O2/c1-18-10-12-19(13-11-18)22-20(7-6-15-28-22)17-26-23(24-2)25-14-16-27-21-8-4-3-5-9-21/h3-5,8-13,20,22H,6-7,14-17H2,1-2H3,(H2,24,25,26). The van der Waals surface area contributed by atoms with Crippen LogP contribution in [0.25, 0.3) is 0 Å². The van der Waals surface area contributed by atoms with Gasteiger partial charge in [-0.15, -0.1) is 0 Å². The molecule has 1 aliphatic rings. The number of nitrogens with one attached hydrogen (secondary N) is 2. The summed E-state index contributed by atoms with van der Waals surface area (Å²) < 4.78 is 11.8. The molecule has 2 aromatic carbocycles. The van der Waals surface area contributed by atoms with E-state index in [1.807, 2.05) is 30.3 Å². The van der Waals surface area contributed by atoms with Gasteiger partial charge in [0, 0.05) is 26.1 Å². The van der Waals surface area contributed by atoms with Crippen molar-refractivity contribution in [2.75, 3.05) is 33.4 Å². The average Bonchev–Trinajstić information content (AvgIpc) is 2.75. The summed E-state index contributed by atoms with van der Waals surface area (Å²) in [6.45, 7) is 5.05. The third-order valence-corrected chi connectivity index (χ3v) is 5.01. The van der Waals surface area contributed by atoms with E-state index >= 15 is 0 Å². The number of ether oxygens (including phenoxy) is 2. The van der Waals surface area contributed by atoms with Crippen LogP contribution in [0.2, 0.25) is 0 Å². The molecule has 0 radical (unpaired) electrons. The minimum Gasteiger partial charge on any atom is -0.492 e. The Morgan fingerprint density at radius 2 is 1.89 bits per heavy atom. The van der Waals surface area contributed by atoms with Gasteiger partial charge in [-0.25, -0.2) is 0 Å². The lowest BCUT2D eigenvalue weighted by atomic mass is 9.89. The van der Waals surface area contributed by atoms with E-state index in [0.717, 1.165) is 37.7 Å². The molecule has 2 aromatic rings. The predicted octanol–water partition coefficient (Wildman–Crippen LogP) is 3.71. The van der Waals surface area contributed by atoms with Crippen molar-refractivity contribution in [3.8, 4) is 5.75 Å². The fraction of sp³-hybridized carbons (Fsp3) is 0.435. The number of hydrogen-bond acceptors (Lipinski definition) is 3. The Morgan fingerprint density at radius 3 is 2.64 bits per heavy atom. The molecule has 2 N–H and O–H groups in total. The van der Waals surface area contributed by atoms with Crippen LogP contribution in [0.3, 0.4) is 0 Å². The van der Waals surface area contributed by atoms with Crippen LogP contribution in [0, 0.1) is 12.8 Å². The van der Waals surface area contributed by atoms with Gasteiger partial charge in [-0.2, -0.15) is 0 Å². The number of benzene rings is 2. The van der Waals surface area contributed by atoms with Gasteiger partial charge in [0.15, 0.2) is 5.96 Å². The summed E-state index contributed by atoms with van der Waals surface area (Å²) in [5, 5.41) is 6.77. The van der Waals surface area contributed by atoms with E-state index in [2.05, 4.69) is 46.8 Å².